The SMILES string of the molecule is NC(Cc1cnc[nH]1)C(=O)O.[H-].[H-].[Mg+2].c1ccncc1. The zero-order chi connectivity index (χ0) is 12.5. The Hall–Kier alpha value is -1.44. The minimum atomic E-state index is -1.00. The van der Waals surface area contributed by atoms with Crippen molar-refractivity contribution in [3.05, 3.63) is 48.8 Å². The summed E-state index contributed by atoms with van der Waals surface area (Å²) in [6.07, 6.45) is 6.84. The average molecular weight is 261 g/mol. The molecule has 2 heterocycles. The first-order chi connectivity index (χ1) is 8.20. The number of pyridine rings is 1. The Balaban J connectivity index is -0.000000281. The molecule has 0 spiro atoms. The number of nitrogens with zero attached hydrogens (tertiary/aromatic N) is 2. The number of carbonyl (C=O) groups is 1. The molecule has 1 atom stereocenters. The van der Waals surface area contributed by atoms with Crippen LogP contribution in [0.4, 0.5) is 0 Å². The van der Waals surface area contributed by atoms with Crippen molar-refractivity contribution in [2.45, 2.75) is 12.5 Å². The van der Waals surface area contributed by atoms with Gasteiger partial charge in [0, 0.05) is 30.7 Å². The summed E-state index contributed by atoms with van der Waals surface area (Å²) in [5.41, 5.74) is 6.00. The molecule has 0 aromatic carbocycles. The summed E-state index contributed by atoms with van der Waals surface area (Å²) in [6.45, 7) is 0. The van der Waals surface area contributed by atoms with Crippen LogP contribution in [0, 0.1) is 0 Å². The number of aromatic amines is 1. The summed E-state index contributed by atoms with van der Waals surface area (Å²) in [7, 11) is 0. The fourth-order valence-electron chi connectivity index (χ4n) is 1.03. The number of imidazole rings is 1. The first kappa shape index (κ1) is 16.6. The molecule has 0 aliphatic carbocycles. The predicted molar refractivity (Wildman–Crippen MR) is 70.1 cm³/mol. The second-order valence-corrected chi connectivity index (χ2v) is 3.25. The standard InChI is InChI=1S/C6H9N3O2.C5H5N.Mg.2H/c7-5(6(10)11)1-4-2-8-3-9-4;1-2-4-6-5-3-1;;;/h2-3,5H,1,7H2,(H,8,9)(H,10,11);1-5H;;;/q;;+2;2*-1. The molecule has 6 nitrogen and oxygen atoms in total. The van der Waals surface area contributed by atoms with E-state index in [1.165, 1.54) is 6.33 Å². The second kappa shape index (κ2) is 9.57. The summed E-state index contributed by atoms with van der Waals surface area (Å²) in [6, 6.07) is 4.86. The van der Waals surface area contributed by atoms with E-state index in [1.807, 2.05) is 18.2 Å². The molecule has 2 rings (SSSR count). The van der Waals surface area contributed by atoms with Gasteiger partial charge in [0.05, 0.1) is 6.33 Å². The summed E-state index contributed by atoms with van der Waals surface area (Å²) < 4.78 is 0. The Labute approximate surface area is 124 Å². The molecule has 2 aromatic rings. The van der Waals surface area contributed by atoms with E-state index in [9.17, 15) is 4.79 Å². The van der Waals surface area contributed by atoms with Crippen molar-refractivity contribution in [3.8, 4) is 0 Å². The van der Waals surface area contributed by atoms with Crippen molar-refractivity contribution in [1.29, 1.82) is 0 Å². The van der Waals surface area contributed by atoms with Crippen LogP contribution in [0.1, 0.15) is 8.55 Å². The molecule has 0 saturated heterocycles. The summed E-state index contributed by atoms with van der Waals surface area (Å²) in [4.78, 5) is 20.5. The zero-order valence-electron chi connectivity index (χ0n) is 11.9. The van der Waals surface area contributed by atoms with Crippen LogP contribution in [0.15, 0.2) is 43.1 Å². The van der Waals surface area contributed by atoms with Crippen LogP contribution in [-0.4, -0.2) is 55.1 Å². The predicted octanol–water partition coefficient (Wildman–Crippen LogP) is 0.290. The molecule has 0 amide bonds. The van der Waals surface area contributed by atoms with Gasteiger partial charge >= 0.3 is 29.0 Å². The van der Waals surface area contributed by atoms with E-state index in [1.54, 1.807) is 18.6 Å². The van der Waals surface area contributed by atoms with Crippen molar-refractivity contribution >= 4 is 29.0 Å². The number of nitrogens with two attached hydrogens (primary N) is 1. The molecule has 2 aromatic heterocycles. The molecule has 1 unspecified atom stereocenters. The number of rotatable bonds is 3. The molecule has 0 fully saturated rings. The van der Waals surface area contributed by atoms with Gasteiger partial charge in [-0.3, -0.25) is 9.78 Å². The minimum absolute atomic E-state index is 0. The van der Waals surface area contributed by atoms with Crippen molar-refractivity contribution in [3.63, 3.8) is 0 Å². The quantitative estimate of drug-likeness (QED) is 0.688. The third-order valence-electron chi connectivity index (χ3n) is 1.88. The fourth-order valence-corrected chi connectivity index (χ4v) is 1.03. The van der Waals surface area contributed by atoms with E-state index in [4.69, 9.17) is 10.8 Å². The molecule has 18 heavy (non-hydrogen) atoms. The minimum Gasteiger partial charge on any atom is -1.00 e. The molecule has 0 radical (unpaired) electrons. The molecule has 94 valence electrons. The third kappa shape index (κ3) is 6.99. The average Bonchev–Trinajstić information content (AvgIpc) is 2.85. The van der Waals surface area contributed by atoms with Crippen molar-refractivity contribution in [2.24, 2.45) is 5.73 Å². The Bertz CT molecular complexity index is 405. The molecule has 4 N–H and O–H groups in total. The van der Waals surface area contributed by atoms with Crippen LogP contribution in [0.2, 0.25) is 0 Å². The van der Waals surface area contributed by atoms with Gasteiger partial charge in [0.2, 0.25) is 0 Å². The molecule has 7 heteroatoms. The van der Waals surface area contributed by atoms with Crippen molar-refractivity contribution in [1.82, 2.24) is 15.0 Å². The van der Waals surface area contributed by atoms with Crippen LogP contribution < -0.4 is 5.73 Å². The number of aromatic nitrogens is 3. The normalized spacial score (nSPS) is 10.5. The van der Waals surface area contributed by atoms with Crippen molar-refractivity contribution in [2.75, 3.05) is 0 Å². The van der Waals surface area contributed by atoms with Crippen LogP contribution in [0.25, 0.3) is 0 Å². The van der Waals surface area contributed by atoms with Crippen LogP contribution >= 0.6 is 0 Å². The summed E-state index contributed by atoms with van der Waals surface area (Å²) in [5, 5.41) is 8.42. The van der Waals surface area contributed by atoms with Gasteiger partial charge in [0.25, 0.3) is 0 Å². The van der Waals surface area contributed by atoms with Crippen LogP contribution in [-0.2, 0) is 11.2 Å². The van der Waals surface area contributed by atoms with Gasteiger partial charge in [0.1, 0.15) is 6.04 Å². The van der Waals surface area contributed by atoms with Crippen LogP contribution in [0.3, 0.4) is 0 Å². The van der Waals surface area contributed by atoms with E-state index in [2.05, 4.69) is 15.0 Å². The second-order valence-electron chi connectivity index (χ2n) is 3.25. The summed E-state index contributed by atoms with van der Waals surface area (Å²) in [5.74, 6) is -1.00. The topological polar surface area (TPSA) is 105 Å². The maximum Gasteiger partial charge on any atom is 2.00 e. The number of carboxylic acid groups (broad SMARTS) is 1. The number of hydrogen-bond acceptors (Lipinski definition) is 4. The van der Waals surface area contributed by atoms with E-state index in [0.29, 0.717) is 0 Å². The van der Waals surface area contributed by atoms with Gasteiger partial charge < -0.3 is 18.7 Å². The molecular formula is C11H16MgN4O2. The smallest absolute Gasteiger partial charge is 1.00 e. The fraction of sp³-hybridized carbons (Fsp3) is 0.182. The number of aliphatic carboxylic acids is 1. The van der Waals surface area contributed by atoms with Gasteiger partial charge in [0.15, 0.2) is 0 Å². The molecule has 0 bridgehead atoms. The Kier molecular flexibility index (Phi) is 8.80. The number of carboxylic acids is 1. The molecule has 0 aliphatic heterocycles. The summed E-state index contributed by atoms with van der Waals surface area (Å²) >= 11 is 0. The van der Waals surface area contributed by atoms with E-state index < -0.39 is 12.0 Å². The van der Waals surface area contributed by atoms with Crippen molar-refractivity contribution < 1.29 is 12.8 Å². The first-order valence-electron chi connectivity index (χ1n) is 5.01. The molecule has 0 saturated carbocycles. The van der Waals surface area contributed by atoms with Gasteiger partial charge in [-0.2, -0.15) is 0 Å². The van der Waals surface area contributed by atoms with E-state index in [0.717, 1.165) is 5.69 Å². The zero-order valence-corrected chi connectivity index (χ0v) is 11.3. The first-order valence-corrected chi connectivity index (χ1v) is 5.01. The maximum absolute atomic E-state index is 10.3. The van der Waals surface area contributed by atoms with Gasteiger partial charge in [-0.05, 0) is 12.1 Å². The third-order valence-corrected chi connectivity index (χ3v) is 1.88. The molecule has 0 aliphatic rings. The Morgan fingerprint density at radius 3 is 2.39 bits per heavy atom. The number of nitrogens with one attached hydrogen (secondary N) is 1. The molecular weight excluding hydrogens is 244 g/mol. The number of hydrogen-bond donors (Lipinski definition) is 3. The number of H-pyrrole nitrogens is 1. The van der Waals surface area contributed by atoms with Gasteiger partial charge in [-0.25, -0.2) is 4.98 Å². The van der Waals surface area contributed by atoms with Crippen LogP contribution in [0.5, 0.6) is 0 Å². The Morgan fingerprint density at radius 1 is 1.39 bits per heavy atom. The monoisotopic (exact) mass is 260 g/mol. The van der Waals surface area contributed by atoms with Gasteiger partial charge in [-0.15, -0.1) is 0 Å². The Morgan fingerprint density at radius 2 is 2.06 bits per heavy atom. The maximum atomic E-state index is 10.3. The van der Waals surface area contributed by atoms with E-state index >= 15 is 0 Å². The largest absolute Gasteiger partial charge is 2.00 e. The van der Waals surface area contributed by atoms with E-state index in [-0.39, 0.29) is 32.3 Å². The van der Waals surface area contributed by atoms with Gasteiger partial charge in [-0.1, -0.05) is 6.07 Å².